The molecular formula is C14H11Cl2N3O2. The summed E-state index contributed by atoms with van der Waals surface area (Å²) in [6, 6.07) is 4.63. The van der Waals surface area contributed by atoms with Crippen molar-refractivity contribution < 1.29 is 9.53 Å². The molecule has 0 saturated carbocycles. The molecule has 1 unspecified atom stereocenters. The molecule has 108 valence electrons. The lowest BCUT2D eigenvalue weighted by Gasteiger charge is -2.11. The highest BCUT2D eigenvalue weighted by atomic mass is 35.5. The highest BCUT2D eigenvalue weighted by molar-refractivity contribution is 6.32. The molecule has 0 aliphatic carbocycles. The Kier molecular flexibility index (Phi) is 3.71. The summed E-state index contributed by atoms with van der Waals surface area (Å²) in [5, 5.41) is 6.59. The van der Waals surface area contributed by atoms with Crippen LogP contribution in [0, 0.1) is 0 Å². The van der Waals surface area contributed by atoms with Crippen LogP contribution in [0.25, 0.3) is 0 Å². The van der Waals surface area contributed by atoms with Crippen molar-refractivity contribution in [3.8, 4) is 11.5 Å². The van der Waals surface area contributed by atoms with Gasteiger partial charge in [0.15, 0.2) is 0 Å². The molecule has 2 aromatic rings. The van der Waals surface area contributed by atoms with E-state index in [4.69, 9.17) is 27.9 Å². The second-order valence-corrected chi connectivity index (χ2v) is 5.37. The van der Waals surface area contributed by atoms with Gasteiger partial charge in [-0.25, -0.2) is 0 Å². The molecular weight excluding hydrogens is 313 g/mol. The van der Waals surface area contributed by atoms with E-state index in [9.17, 15) is 4.79 Å². The minimum atomic E-state index is -0.403. The predicted octanol–water partition coefficient (Wildman–Crippen LogP) is 3.39. The number of anilines is 1. The smallest absolute Gasteiger partial charge is 0.246 e. The van der Waals surface area contributed by atoms with Crippen molar-refractivity contribution in [3.05, 3.63) is 46.2 Å². The summed E-state index contributed by atoms with van der Waals surface area (Å²) in [4.78, 5) is 15.7. The van der Waals surface area contributed by atoms with Crippen LogP contribution in [0.2, 0.25) is 10.0 Å². The van der Waals surface area contributed by atoms with Gasteiger partial charge in [-0.2, -0.15) is 0 Å². The molecule has 3 rings (SSSR count). The van der Waals surface area contributed by atoms with Crippen LogP contribution >= 0.6 is 23.2 Å². The van der Waals surface area contributed by atoms with Crippen molar-refractivity contribution in [2.45, 2.75) is 6.04 Å². The first-order valence-corrected chi connectivity index (χ1v) is 6.94. The number of aromatic nitrogens is 1. The molecule has 0 radical (unpaired) electrons. The number of benzene rings is 1. The van der Waals surface area contributed by atoms with Gasteiger partial charge in [0.2, 0.25) is 5.91 Å². The number of fused-ring (bicyclic) bond motifs is 1. The second-order valence-electron chi connectivity index (χ2n) is 4.52. The lowest BCUT2D eigenvalue weighted by molar-refractivity contribution is -0.117. The molecule has 1 aromatic carbocycles. The third-order valence-electron chi connectivity index (χ3n) is 3.13. The van der Waals surface area contributed by atoms with E-state index in [1.165, 1.54) is 12.4 Å². The van der Waals surface area contributed by atoms with Gasteiger partial charge in [-0.3, -0.25) is 9.78 Å². The van der Waals surface area contributed by atoms with E-state index in [1.807, 2.05) is 0 Å². The Hall–Kier alpha value is -1.82. The summed E-state index contributed by atoms with van der Waals surface area (Å²) < 4.78 is 5.67. The zero-order chi connectivity index (χ0) is 15.0. The Labute approximate surface area is 131 Å². The van der Waals surface area contributed by atoms with Crippen LogP contribution in [0.4, 0.5) is 5.69 Å². The number of hydrogen-bond acceptors (Lipinski definition) is 4. The molecule has 5 nitrogen and oxygen atoms in total. The molecule has 0 saturated heterocycles. The molecule has 1 aromatic heterocycles. The SMILES string of the molecule is CNC1C(=O)Nc2cc(Oc3cncc(Cl)c3)c(Cl)cc21. The number of halogens is 2. The quantitative estimate of drug-likeness (QED) is 0.908. The lowest BCUT2D eigenvalue weighted by atomic mass is 10.1. The maximum absolute atomic E-state index is 11.8. The number of ether oxygens (including phenoxy) is 1. The van der Waals surface area contributed by atoms with Crippen molar-refractivity contribution >= 4 is 34.8 Å². The number of carbonyl (C=O) groups excluding carboxylic acids is 1. The standard InChI is InChI=1S/C14H11Cl2N3O2/c1-17-13-9-3-10(16)12(4-11(9)19-14(13)20)21-8-2-7(15)5-18-6-8/h2-6,13,17H,1H3,(H,19,20). The average molecular weight is 324 g/mol. The van der Waals surface area contributed by atoms with Crippen LogP contribution in [0.3, 0.4) is 0 Å². The zero-order valence-electron chi connectivity index (χ0n) is 11.0. The van der Waals surface area contributed by atoms with Crippen molar-refractivity contribution in [3.63, 3.8) is 0 Å². The molecule has 1 aliphatic heterocycles. The van der Waals surface area contributed by atoms with Crippen LogP contribution in [-0.4, -0.2) is 17.9 Å². The van der Waals surface area contributed by atoms with Crippen LogP contribution in [0.5, 0.6) is 11.5 Å². The monoisotopic (exact) mass is 323 g/mol. The summed E-state index contributed by atoms with van der Waals surface area (Å²) in [6.45, 7) is 0. The number of amides is 1. The predicted molar refractivity (Wildman–Crippen MR) is 81.2 cm³/mol. The molecule has 2 heterocycles. The van der Waals surface area contributed by atoms with Gasteiger partial charge in [0.25, 0.3) is 0 Å². The second kappa shape index (κ2) is 5.52. The van der Waals surface area contributed by atoms with Crippen molar-refractivity contribution in [1.82, 2.24) is 10.3 Å². The normalized spacial score (nSPS) is 16.5. The third kappa shape index (κ3) is 2.68. The van der Waals surface area contributed by atoms with E-state index in [1.54, 1.807) is 25.2 Å². The molecule has 1 atom stereocenters. The van der Waals surface area contributed by atoms with Crippen LogP contribution in [0.1, 0.15) is 11.6 Å². The first kappa shape index (κ1) is 14.1. The number of carbonyl (C=O) groups is 1. The first-order chi connectivity index (χ1) is 10.1. The summed E-state index contributed by atoms with van der Waals surface area (Å²) in [7, 11) is 1.72. The fourth-order valence-electron chi connectivity index (χ4n) is 2.20. The number of likely N-dealkylation sites (N-methyl/N-ethyl adjacent to an activating group) is 1. The Morgan fingerprint density at radius 1 is 1.29 bits per heavy atom. The molecule has 21 heavy (non-hydrogen) atoms. The van der Waals surface area contributed by atoms with Gasteiger partial charge in [0.1, 0.15) is 17.5 Å². The van der Waals surface area contributed by atoms with E-state index in [2.05, 4.69) is 15.6 Å². The van der Waals surface area contributed by atoms with Gasteiger partial charge in [0, 0.05) is 29.6 Å². The van der Waals surface area contributed by atoms with E-state index in [-0.39, 0.29) is 5.91 Å². The van der Waals surface area contributed by atoms with Crippen molar-refractivity contribution in [2.24, 2.45) is 0 Å². The fraction of sp³-hybridized carbons (Fsp3) is 0.143. The van der Waals surface area contributed by atoms with Gasteiger partial charge in [-0.05, 0) is 13.1 Å². The summed E-state index contributed by atoms with van der Waals surface area (Å²) in [6.07, 6.45) is 3.04. The Balaban J connectivity index is 1.95. The van der Waals surface area contributed by atoms with E-state index >= 15 is 0 Å². The molecule has 1 aliphatic rings. The van der Waals surface area contributed by atoms with E-state index in [0.29, 0.717) is 27.2 Å². The maximum Gasteiger partial charge on any atom is 0.246 e. The Bertz CT molecular complexity index is 721. The zero-order valence-corrected chi connectivity index (χ0v) is 12.5. The van der Waals surface area contributed by atoms with Gasteiger partial charge in [-0.1, -0.05) is 23.2 Å². The number of pyridine rings is 1. The lowest BCUT2D eigenvalue weighted by Crippen LogP contribution is -2.23. The van der Waals surface area contributed by atoms with Gasteiger partial charge in [0.05, 0.1) is 16.2 Å². The Morgan fingerprint density at radius 2 is 2.10 bits per heavy atom. The minimum absolute atomic E-state index is 0.120. The summed E-state index contributed by atoms with van der Waals surface area (Å²) in [5.41, 5.74) is 1.47. The number of nitrogens with one attached hydrogen (secondary N) is 2. The molecule has 2 N–H and O–H groups in total. The minimum Gasteiger partial charge on any atom is -0.454 e. The van der Waals surface area contributed by atoms with Gasteiger partial charge in [-0.15, -0.1) is 0 Å². The van der Waals surface area contributed by atoms with Crippen LogP contribution < -0.4 is 15.4 Å². The highest BCUT2D eigenvalue weighted by Gasteiger charge is 2.30. The maximum atomic E-state index is 11.8. The molecule has 0 spiro atoms. The molecule has 1 amide bonds. The van der Waals surface area contributed by atoms with Crippen LogP contribution in [-0.2, 0) is 4.79 Å². The fourth-order valence-corrected chi connectivity index (χ4v) is 2.58. The van der Waals surface area contributed by atoms with Gasteiger partial charge < -0.3 is 15.4 Å². The van der Waals surface area contributed by atoms with Crippen LogP contribution in [0.15, 0.2) is 30.6 Å². The van der Waals surface area contributed by atoms with Gasteiger partial charge >= 0.3 is 0 Å². The molecule has 7 heteroatoms. The van der Waals surface area contributed by atoms with E-state index in [0.717, 1.165) is 5.56 Å². The molecule has 0 bridgehead atoms. The van der Waals surface area contributed by atoms with E-state index < -0.39 is 6.04 Å². The highest BCUT2D eigenvalue weighted by Crippen LogP contribution is 2.40. The number of rotatable bonds is 3. The van der Waals surface area contributed by atoms with Crippen molar-refractivity contribution in [1.29, 1.82) is 0 Å². The average Bonchev–Trinajstić information content (AvgIpc) is 2.74. The Morgan fingerprint density at radius 3 is 2.81 bits per heavy atom. The summed E-state index contributed by atoms with van der Waals surface area (Å²) in [5.74, 6) is 0.778. The summed E-state index contributed by atoms with van der Waals surface area (Å²) >= 11 is 12.1. The van der Waals surface area contributed by atoms with Crippen molar-refractivity contribution in [2.75, 3.05) is 12.4 Å². The largest absolute Gasteiger partial charge is 0.454 e. The molecule has 0 fully saturated rings. The first-order valence-electron chi connectivity index (χ1n) is 6.18. The topological polar surface area (TPSA) is 63.2 Å². The number of nitrogens with zero attached hydrogens (tertiary/aromatic N) is 1. The third-order valence-corrected chi connectivity index (χ3v) is 3.63. The number of hydrogen-bond donors (Lipinski definition) is 2.